The smallest absolute Gasteiger partial charge is 0.212 e. The number of hydrogen-bond donors (Lipinski definition) is 2. The molecule has 2 aliphatic carbocycles. The van der Waals surface area contributed by atoms with Crippen LogP contribution in [0.1, 0.15) is 25.7 Å². The maximum atomic E-state index is 12.0. The standard InChI is InChI=1S/C15H22N2O2S2/c16-13-3-5-14(6-4-13)20-9-10-21(18,19)17-11-15(7-8-15)12-1-2-12/h3-6,12,17H,1-2,7-11,16H2. The maximum Gasteiger partial charge on any atom is 0.212 e. The molecule has 0 amide bonds. The van der Waals surface area contributed by atoms with E-state index in [2.05, 4.69) is 4.72 Å². The van der Waals surface area contributed by atoms with Gasteiger partial charge in [-0.15, -0.1) is 11.8 Å². The van der Waals surface area contributed by atoms with Crippen LogP contribution in [0.4, 0.5) is 5.69 Å². The predicted molar refractivity (Wildman–Crippen MR) is 87.8 cm³/mol. The van der Waals surface area contributed by atoms with Gasteiger partial charge in [-0.2, -0.15) is 0 Å². The molecule has 0 aromatic heterocycles. The molecule has 0 atom stereocenters. The molecule has 21 heavy (non-hydrogen) atoms. The van der Waals surface area contributed by atoms with Crippen LogP contribution >= 0.6 is 11.8 Å². The number of thioether (sulfide) groups is 1. The van der Waals surface area contributed by atoms with E-state index in [9.17, 15) is 8.42 Å². The number of benzene rings is 1. The fourth-order valence-corrected chi connectivity index (χ4v) is 5.17. The molecule has 0 unspecified atom stereocenters. The van der Waals surface area contributed by atoms with Gasteiger partial charge in [-0.05, 0) is 61.3 Å². The third kappa shape index (κ3) is 4.14. The highest BCUT2D eigenvalue weighted by Crippen LogP contribution is 2.60. The lowest BCUT2D eigenvalue weighted by Gasteiger charge is -2.15. The molecule has 2 saturated carbocycles. The van der Waals surface area contributed by atoms with Crippen molar-refractivity contribution >= 4 is 27.5 Å². The molecule has 4 nitrogen and oxygen atoms in total. The molecule has 0 spiro atoms. The van der Waals surface area contributed by atoms with Crippen LogP contribution in [-0.4, -0.2) is 26.5 Å². The van der Waals surface area contributed by atoms with Gasteiger partial charge in [0.25, 0.3) is 0 Å². The summed E-state index contributed by atoms with van der Waals surface area (Å²) in [6, 6.07) is 7.52. The van der Waals surface area contributed by atoms with E-state index in [0.717, 1.165) is 16.5 Å². The molecule has 116 valence electrons. The zero-order valence-electron chi connectivity index (χ0n) is 12.0. The Morgan fingerprint density at radius 1 is 1.24 bits per heavy atom. The van der Waals surface area contributed by atoms with Crippen molar-refractivity contribution in [1.82, 2.24) is 4.72 Å². The first-order chi connectivity index (χ1) is 9.99. The second kappa shape index (κ2) is 5.82. The number of nitrogen functional groups attached to an aromatic ring is 1. The molecule has 2 fully saturated rings. The zero-order valence-corrected chi connectivity index (χ0v) is 13.7. The van der Waals surface area contributed by atoms with Crippen molar-refractivity contribution in [1.29, 1.82) is 0 Å². The maximum absolute atomic E-state index is 12.0. The van der Waals surface area contributed by atoms with Crippen LogP contribution in [0, 0.1) is 11.3 Å². The van der Waals surface area contributed by atoms with Crippen molar-refractivity contribution < 1.29 is 8.42 Å². The van der Waals surface area contributed by atoms with Gasteiger partial charge in [-0.25, -0.2) is 13.1 Å². The van der Waals surface area contributed by atoms with Crippen LogP contribution in [0.15, 0.2) is 29.2 Å². The highest BCUT2D eigenvalue weighted by molar-refractivity contribution is 8.00. The van der Waals surface area contributed by atoms with Gasteiger partial charge >= 0.3 is 0 Å². The van der Waals surface area contributed by atoms with Crippen LogP contribution in [0.3, 0.4) is 0 Å². The molecule has 0 bridgehead atoms. The second-order valence-electron chi connectivity index (χ2n) is 6.19. The summed E-state index contributed by atoms with van der Waals surface area (Å²) in [7, 11) is -3.15. The fraction of sp³-hybridized carbons (Fsp3) is 0.600. The molecule has 3 N–H and O–H groups in total. The lowest BCUT2D eigenvalue weighted by atomic mass is 10.0. The first-order valence-corrected chi connectivity index (χ1v) is 10.1. The number of rotatable bonds is 8. The second-order valence-corrected chi connectivity index (χ2v) is 9.29. The highest BCUT2D eigenvalue weighted by Gasteiger charge is 2.53. The van der Waals surface area contributed by atoms with E-state index in [1.807, 2.05) is 24.3 Å². The molecule has 1 aromatic carbocycles. The molecule has 0 radical (unpaired) electrons. The minimum Gasteiger partial charge on any atom is -0.399 e. The van der Waals surface area contributed by atoms with Gasteiger partial charge in [-0.1, -0.05) is 0 Å². The summed E-state index contributed by atoms with van der Waals surface area (Å²) in [6.45, 7) is 0.645. The normalized spacial score (nSPS) is 20.4. The lowest BCUT2D eigenvalue weighted by molar-refractivity contribution is 0.432. The number of nitrogens with one attached hydrogen (secondary N) is 1. The fourth-order valence-electron chi connectivity index (χ4n) is 2.74. The molecule has 0 aliphatic heterocycles. The summed E-state index contributed by atoms with van der Waals surface area (Å²) in [6.07, 6.45) is 4.96. The molecule has 6 heteroatoms. The minimum atomic E-state index is -3.15. The topological polar surface area (TPSA) is 72.2 Å². The largest absolute Gasteiger partial charge is 0.399 e. The summed E-state index contributed by atoms with van der Waals surface area (Å²) in [4.78, 5) is 1.05. The number of hydrogen-bond acceptors (Lipinski definition) is 4. The summed E-state index contributed by atoms with van der Waals surface area (Å²) in [5.41, 5.74) is 6.67. The average Bonchev–Trinajstić information content (AvgIpc) is 3.31. The molecular formula is C15H22N2O2S2. The van der Waals surface area contributed by atoms with E-state index in [1.165, 1.54) is 25.7 Å². The van der Waals surface area contributed by atoms with E-state index in [0.29, 0.717) is 17.7 Å². The highest BCUT2D eigenvalue weighted by atomic mass is 32.2. The summed E-state index contributed by atoms with van der Waals surface area (Å²) < 4.78 is 26.9. The van der Waals surface area contributed by atoms with Gasteiger partial charge in [0.2, 0.25) is 10.0 Å². The third-order valence-corrected chi connectivity index (χ3v) is 7.08. The number of anilines is 1. The van der Waals surface area contributed by atoms with Crippen molar-refractivity contribution in [3.8, 4) is 0 Å². The van der Waals surface area contributed by atoms with Gasteiger partial charge in [-0.3, -0.25) is 0 Å². The lowest BCUT2D eigenvalue weighted by Crippen LogP contribution is -2.33. The molecule has 0 saturated heterocycles. The van der Waals surface area contributed by atoms with Gasteiger partial charge < -0.3 is 5.73 Å². The Morgan fingerprint density at radius 3 is 2.48 bits per heavy atom. The molecule has 2 aliphatic rings. The molecule has 0 heterocycles. The van der Waals surface area contributed by atoms with E-state index in [1.54, 1.807) is 11.8 Å². The van der Waals surface area contributed by atoms with Crippen LogP contribution in [-0.2, 0) is 10.0 Å². The molecular weight excluding hydrogens is 304 g/mol. The van der Waals surface area contributed by atoms with E-state index < -0.39 is 10.0 Å². The SMILES string of the molecule is Nc1ccc(SCCS(=O)(=O)NCC2(C3CC3)CC2)cc1. The predicted octanol–water partition coefficient (Wildman–Crippen LogP) is 2.47. The Kier molecular flexibility index (Phi) is 4.21. The number of sulfonamides is 1. The minimum absolute atomic E-state index is 0.169. The van der Waals surface area contributed by atoms with Gasteiger partial charge in [0.1, 0.15) is 0 Å². The van der Waals surface area contributed by atoms with Crippen molar-refractivity contribution in [3.05, 3.63) is 24.3 Å². The van der Waals surface area contributed by atoms with Crippen LogP contribution in [0.2, 0.25) is 0 Å². The van der Waals surface area contributed by atoms with Gasteiger partial charge in [0.15, 0.2) is 0 Å². The monoisotopic (exact) mass is 326 g/mol. The molecule has 3 rings (SSSR count). The Bertz CT molecular complexity index is 591. The van der Waals surface area contributed by atoms with E-state index >= 15 is 0 Å². The summed E-state index contributed by atoms with van der Waals surface area (Å²) in [5, 5.41) is 0. The zero-order chi connectivity index (χ0) is 14.9. The molecule has 1 aromatic rings. The van der Waals surface area contributed by atoms with Crippen molar-refractivity contribution in [2.45, 2.75) is 30.6 Å². The average molecular weight is 326 g/mol. The quantitative estimate of drug-likeness (QED) is 0.568. The van der Waals surface area contributed by atoms with Gasteiger partial charge in [0, 0.05) is 22.9 Å². The van der Waals surface area contributed by atoms with E-state index in [-0.39, 0.29) is 5.75 Å². The van der Waals surface area contributed by atoms with Crippen LogP contribution in [0.25, 0.3) is 0 Å². The Labute approximate surface area is 130 Å². The third-order valence-electron chi connectivity index (χ3n) is 4.48. The van der Waals surface area contributed by atoms with E-state index in [4.69, 9.17) is 5.73 Å². The Hall–Kier alpha value is -0.720. The first-order valence-electron chi connectivity index (χ1n) is 7.45. The Morgan fingerprint density at radius 2 is 1.90 bits per heavy atom. The summed E-state index contributed by atoms with van der Waals surface area (Å²) in [5.74, 6) is 1.52. The van der Waals surface area contributed by atoms with Crippen LogP contribution in [0.5, 0.6) is 0 Å². The van der Waals surface area contributed by atoms with Crippen molar-refractivity contribution in [2.75, 3.05) is 23.8 Å². The summed E-state index contributed by atoms with van der Waals surface area (Å²) >= 11 is 1.55. The van der Waals surface area contributed by atoms with Gasteiger partial charge in [0.05, 0.1) is 5.75 Å². The first kappa shape index (κ1) is 15.2. The van der Waals surface area contributed by atoms with Crippen molar-refractivity contribution in [2.24, 2.45) is 11.3 Å². The van der Waals surface area contributed by atoms with Crippen LogP contribution < -0.4 is 10.5 Å². The Balaban J connectivity index is 1.42. The van der Waals surface area contributed by atoms with Crippen molar-refractivity contribution in [3.63, 3.8) is 0 Å². The number of nitrogens with two attached hydrogens (primary N) is 1.